The number of aromatic carboxylic acids is 1. The van der Waals surface area contributed by atoms with E-state index in [0.717, 1.165) is 5.56 Å². The van der Waals surface area contributed by atoms with Crippen LogP contribution in [0.3, 0.4) is 0 Å². The topological polar surface area (TPSA) is 277 Å². The van der Waals surface area contributed by atoms with Crippen LogP contribution in [0.5, 0.6) is 0 Å². The van der Waals surface area contributed by atoms with Gasteiger partial charge in [-0.15, -0.1) is 0 Å². The van der Waals surface area contributed by atoms with Gasteiger partial charge in [-0.1, -0.05) is 33.8 Å². The van der Waals surface area contributed by atoms with E-state index in [9.17, 15) is 48.0 Å². The molecule has 1 aromatic heterocycles. The number of aliphatic hydroxyl groups is 3. The summed E-state index contributed by atoms with van der Waals surface area (Å²) in [5.41, 5.74) is -4.21. The Labute approximate surface area is 448 Å². The third-order valence-corrected chi connectivity index (χ3v) is 17.5. The Kier molecular flexibility index (Phi) is 21.5. The first kappa shape index (κ1) is 63.3. The second-order valence-corrected chi connectivity index (χ2v) is 24.2. The summed E-state index contributed by atoms with van der Waals surface area (Å²) in [6, 6.07) is 4.96. The van der Waals surface area contributed by atoms with E-state index in [0.29, 0.717) is 36.7 Å². The molecular weight excluding hydrogens is 1010 g/mol. The van der Waals surface area contributed by atoms with Gasteiger partial charge in [-0.05, 0) is 112 Å². The molecule has 0 unspecified atom stereocenters. The highest BCUT2D eigenvalue weighted by molar-refractivity contribution is 7.86. The van der Waals surface area contributed by atoms with Gasteiger partial charge >= 0.3 is 11.9 Å². The van der Waals surface area contributed by atoms with Gasteiger partial charge in [0.05, 0.1) is 58.9 Å². The number of nitrogens with zero attached hydrogens (tertiary/aromatic N) is 2. The Morgan fingerprint density at radius 1 is 0.921 bits per heavy atom. The number of carboxylic acids is 1. The lowest BCUT2D eigenvalue weighted by Gasteiger charge is -2.50. The predicted molar refractivity (Wildman–Crippen MR) is 281 cm³/mol. The fourth-order valence-corrected chi connectivity index (χ4v) is 12.7. The van der Waals surface area contributed by atoms with Crippen molar-refractivity contribution in [3.63, 3.8) is 0 Å². The minimum atomic E-state index is -4.20. The van der Waals surface area contributed by atoms with E-state index < -0.39 is 129 Å². The van der Waals surface area contributed by atoms with E-state index in [1.54, 1.807) is 72.2 Å². The number of Topliss-reactive ketones (excluding diaryl/α,β-unsaturated/α-hetero) is 1. The lowest BCUT2D eigenvalue weighted by molar-refractivity contribution is -0.317. The second-order valence-electron chi connectivity index (χ2n) is 22.5. The van der Waals surface area contributed by atoms with E-state index in [1.165, 1.54) is 34.3 Å². The highest BCUT2D eigenvalue weighted by Crippen LogP contribution is 2.42. The molecule has 22 heteroatoms. The van der Waals surface area contributed by atoms with Crippen LogP contribution in [0.2, 0.25) is 0 Å². The van der Waals surface area contributed by atoms with Gasteiger partial charge in [-0.3, -0.25) is 18.6 Å². The number of rotatable bonds is 18. The quantitative estimate of drug-likeness (QED) is 0.0811. The molecule has 18 atom stereocenters. The van der Waals surface area contributed by atoms with Crippen molar-refractivity contribution in [2.24, 2.45) is 30.7 Å². The van der Waals surface area contributed by atoms with Gasteiger partial charge in [0.15, 0.2) is 12.6 Å². The molecule has 0 radical (unpaired) electrons. The van der Waals surface area contributed by atoms with E-state index in [1.807, 2.05) is 32.0 Å². The molecule has 5 rings (SSSR count). The monoisotopic (exact) mass is 1100 g/mol. The number of carboxylic acid groups (broad SMARTS) is 1. The van der Waals surface area contributed by atoms with Gasteiger partial charge in [0.1, 0.15) is 35.3 Å². The number of benzene rings is 1. The van der Waals surface area contributed by atoms with Crippen molar-refractivity contribution in [1.29, 1.82) is 0 Å². The first-order chi connectivity index (χ1) is 35.4. The number of likely N-dealkylation sites (N-methyl/N-ethyl adjacent to an activating group) is 1. The molecule has 0 aliphatic carbocycles. The van der Waals surface area contributed by atoms with Crippen molar-refractivity contribution in [3.05, 3.63) is 45.7 Å². The van der Waals surface area contributed by atoms with Crippen LogP contribution in [0, 0.1) is 23.7 Å². The Balaban J connectivity index is 1.38. The van der Waals surface area contributed by atoms with Crippen LogP contribution >= 0.6 is 0 Å². The summed E-state index contributed by atoms with van der Waals surface area (Å²) < 4.78 is 79.7. The Morgan fingerprint density at radius 2 is 1.57 bits per heavy atom. The molecule has 3 aliphatic rings. The SMILES string of the molecule is CC[C@H]1OC(=O)[C@H](C)[C@@H](O[C@H]2C[C@@](C)(OC)[C@@H](OS(=O)(=O)CCNCCCc3ccc4c(c3)c(=O)c(C(=O)O)cn4C)[C@H](C)O2)[C@H](C)[C@@H](O[C@@H]2O[C@H](C)C[C@H](N(C)C)[C@H]2O)[C@](C)(OC)C[C@@H](C)C(=O)[C@H](C)[C@@H](O)[C@]1(C)O. The number of aliphatic hydroxyl groups excluding tert-OH is 2. The fourth-order valence-electron chi connectivity index (χ4n) is 11.5. The van der Waals surface area contributed by atoms with Crippen LogP contribution in [-0.4, -0.2) is 187 Å². The summed E-state index contributed by atoms with van der Waals surface area (Å²) in [7, 11) is 4.06. The molecule has 5 N–H and O–H groups in total. The van der Waals surface area contributed by atoms with Crippen LogP contribution < -0.4 is 10.7 Å². The number of ketones is 1. The van der Waals surface area contributed by atoms with E-state index in [-0.39, 0.29) is 49.3 Å². The fraction of sp³-hybridized carbons (Fsp3) is 0.778. The van der Waals surface area contributed by atoms with E-state index >= 15 is 0 Å². The zero-order valence-electron chi connectivity index (χ0n) is 47.1. The molecule has 3 fully saturated rings. The van der Waals surface area contributed by atoms with Crippen molar-refractivity contribution in [2.45, 2.75) is 192 Å². The van der Waals surface area contributed by atoms with Crippen molar-refractivity contribution in [1.82, 2.24) is 14.8 Å². The van der Waals surface area contributed by atoms with Gasteiger partial charge in [-0.2, -0.15) is 8.42 Å². The lowest BCUT2D eigenvalue weighted by atomic mass is 9.74. The smallest absolute Gasteiger partial charge is 0.341 e. The van der Waals surface area contributed by atoms with Crippen LogP contribution in [0.4, 0.5) is 0 Å². The Morgan fingerprint density at radius 3 is 2.17 bits per heavy atom. The molecule has 432 valence electrons. The van der Waals surface area contributed by atoms with Crippen molar-refractivity contribution >= 4 is 38.7 Å². The molecule has 76 heavy (non-hydrogen) atoms. The van der Waals surface area contributed by atoms with Crippen molar-refractivity contribution in [2.75, 3.05) is 47.2 Å². The van der Waals surface area contributed by atoms with Gasteiger partial charge in [0.2, 0.25) is 5.43 Å². The van der Waals surface area contributed by atoms with Crippen molar-refractivity contribution < 1.29 is 80.6 Å². The average molecular weight is 1100 g/mol. The summed E-state index contributed by atoms with van der Waals surface area (Å²) in [6.07, 6.45) is -8.12. The standard InChI is InChI=1S/C54H87N3O18S/c1-16-40-54(10,65)46(61)31(4)42(58)29(2)26-52(8,68-14)47(74-51-44(60)39(56(11)12)24-30(3)70-51)32(5)45(33(6)50(64)72-40)73-41-27-53(9,69-15)48(34(7)71-41)75-76(66,67)23-22-55-21-17-18-35-19-20-38-36(25-35)43(59)37(49(62)63)28-57(38)13/h19-20,25,28-34,39-41,44-48,51,55,60-61,65H,16-18,21-24,26-27H2,1-15H3,(H,62,63)/t29-,30-,31+,32+,33-,34+,39+,40-,41+,44-,45+,46-,47-,48+,51+,52-,53-,54-/m1/s1. The second kappa shape index (κ2) is 25.7. The first-order valence-corrected chi connectivity index (χ1v) is 28.1. The summed E-state index contributed by atoms with van der Waals surface area (Å²) in [4.78, 5) is 55.1. The summed E-state index contributed by atoms with van der Waals surface area (Å²) in [5.74, 6) is -6.72. The van der Waals surface area contributed by atoms with Crippen LogP contribution in [0.1, 0.15) is 117 Å². The number of carbonyl (C=O) groups is 3. The number of esters is 1. The highest BCUT2D eigenvalue weighted by Gasteiger charge is 2.55. The normalized spacial score (nSPS) is 37.5. The molecule has 0 bridgehead atoms. The number of methoxy groups -OCH3 is 2. The van der Waals surface area contributed by atoms with Gasteiger partial charge in [0.25, 0.3) is 10.1 Å². The van der Waals surface area contributed by atoms with Gasteiger partial charge in [-0.25, -0.2) is 4.79 Å². The maximum absolute atomic E-state index is 14.6. The maximum atomic E-state index is 14.6. The minimum absolute atomic E-state index is 0.0311. The number of aryl methyl sites for hydroxylation is 2. The third-order valence-electron chi connectivity index (χ3n) is 16.3. The van der Waals surface area contributed by atoms with Gasteiger partial charge < -0.3 is 68.4 Å². The number of cyclic esters (lactones) is 1. The number of hydrogen-bond acceptors (Lipinski definition) is 19. The van der Waals surface area contributed by atoms with Gasteiger partial charge in [0, 0.05) is 69.6 Å². The summed E-state index contributed by atoms with van der Waals surface area (Å²) in [5, 5.41) is 48.2. The lowest BCUT2D eigenvalue weighted by Crippen LogP contribution is -2.62. The average Bonchev–Trinajstić information content (AvgIpc) is 3.36. The number of aromatic nitrogens is 1. The molecule has 0 amide bonds. The molecule has 1 aromatic carbocycles. The zero-order chi connectivity index (χ0) is 57.0. The number of nitrogens with one attached hydrogen (secondary N) is 1. The number of carbonyl (C=O) groups excluding carboxylic acids is 2. The zero-order valence-corrected chi connectivity index (χ0v) is 48.0. The Hall–Kier alpha value is -3.49. The molecule has 0 spiro atoms. The van der Waals surface area contributed by atoms with Crippen LogP contribution in [0.25, 0.3) is 10.9 Å². The summed E-state index contributed by atoms with van der Waals surface area (Å²) in [6.45, 7) is 17.1. The first-order valence-electron chi connectivity index (χ1n) is 26.5. The molecule has 4 heterocycles. The number of fused-ring (bicyclic) bond motifs is 1. The minimum Gasteiger partial charge on any atom is -0.477 e. The molecular formula is C54H87N3O18S. The molecule has 0 saturated carbocycles. The molecule has 2 aromatic rings. The number of hydrogen-bond donors (Lipinski definition) is 5. The number of ether oxygens (including phenoxy) is 7. The predicted octanol–water partition coefficient (Wildman–Crippen LogP) is 3.57. The largest absolute Gasteiger partial charge is 0.477 e. The summed E-state index contributed by atoms with van der Waals surface area (Å²) >= 11 is 0. The van der Waals surface area contributed by atoms with Crippen molar-refractivity contribution in [3.8, 4) is 0 Å². The van der Waals surface area contributed by atoms with E-state index in [2.05, 4.69) is 5.32 Å². The third kappa shape index (κ3) is 14.3. The number of pyridine rings is 1. The molecule has 3 saturated heterocycles. The van der Waals surface area contributed by atoms with Crippen LogP contribution in [-0.2, 0) is 70.5 Å². The highest BCUT2D eigenvalue weighted by atomic mass is 32.2. The van der Waals surface area contributed by atoms with Crippen LogP contribution in [0.15, 0.2) is 29.2 Å². The maximum Gasteiger partial charge on any atom is 0.341 e. The Bertz CT molecular complexity index is 2490. The molecule has 21 nitrogen and oxygen atoms in total. The van der Waals surface area contributed by atoms with E-state index in [4.69, 9.17) is 37.3 Å². The molecule has 3 aliphatic heterocycles.